The molecule has 1 aromatic carbocycles. The lowest BCUT2D eigenvalue weighted by Crippen LogP contribution is -2.31. The predicted molar refractivity (Wildman–Crippen MR) is 69.7 cm³/mol. The highest BCUT2D eigenvalue weighted by Crippen LogP contribution is 2.35. The molecule has 1 aromatic rings. The Bertz CT molecular complexity index is 661. The van der Waals surface area contributed by atoms with Crippen LogP contribution in [0.5, 0.6) is 0 Å². The van der Waals surface area contributed by atoms with Crippen molar-refractivity contribution in [1.29, 1.82) is 0 Å². The molecule has 0 amide bonds. The first kappa shape index (κ1) is 12.0. The fourth-order valence-electron chi connectivity index (χ4n) is 2.06. The van der Waals surface area contributed by atoms with Gasteiger partial charge in [0.1, 0.15) is 5.71 Å². The number of halogens is 2. The van der Waals surface area contributed by atoms with Gasteiger partial charge in [-0.3, -0.25) is 0 Å². The van der Waals surface area contributed by atoms with Crippen molar-refractivity contribution in [2.75, 3.05) is 0 Å². The topological polar surface area (TPSA) is 55.7 Å². The van der Waals surface area contributed by atoms with E-state index in [1.54, 1.807) is 18.2 Å². The maximum atomic E-state index is 11.9. The van der Waals surface area contributed by atoms with Crippen molar-refractivity contribution in [1.82, 2.24) is 0 Å². The fraction of sp³-hybridized carbons (Fsp3) is 0.182. The van der Waals surface area contributed by atoms with Crippen LogP contribution in [-0.4, -0.2) is 25.5 Å². The third-order valence-electron chi connectivity index (χ3n) is 2.87. The molecule has 0 N–H and O–H groups in total. The number of rotatable bonds is 1. The van der Waals surface area contributed by atoms with Gasteiger partial charge in [0.15, 0.2) is 21.2 Å². The summed E-state index contributed by atoms with van der Waals surface area (Å²) < 4.78 is 23.8. The minimum Gasteiger partial charge on any atom is -0.386 e. The second kappa shape index (κ2) is 3.98. The van der Waals surface area contributed by atoms with Crippen molar-refractivity contribution in [3.63, 3.8) is 0 Å². The zero-order valence-electron chi connectivity index (χ0n) is 8.88. The zero-order valence-corrected chi connectivity index (χ0v) is 11.2. The second-order valence-corrected chi connectivity index (χ2v) is 6.75. The molecule has 0 fully saturated rings. The van der Waals surface area contributed by atoms with E-state index in [0.29, 0.717) is 15.6 Å². The smallest absolute Gasteiger partial charge is 0.184 e. The first-order valence-electron chi connectivity index (χ1n) is 5.11. The van der Waals surface area contributed by atoms with Crippen LogP contribution < -0.4 is 0 Å². The van der Waals surface area contributed by atoms with Gasteiger partial charge in [0.05, 0.1) is 10.0 Å². The summed E-state index contributed by atoms with van der Waals surface area (Å²) in [6.07, 6.45) is 0.888. The van der Waals surface area contributed by atoms with Gasteiger partial charge in [0.2, 0.25) is 0 Å². The molecule has 0 spiro atoms. The van der Waals surface area contributed by atoms with E-state index in [0.717, 1.165) is 5.41 Å². The monoisotopic (exact) mass is 303 g/mol. The van der Waals surface area contributed by atoms with Crippen molar-refractivity contribution in [2.45, 2.75) is 11.4 Å². The highest BCUT2D eigenvalue weighted by molar-refractivity contribution is 7.96. The number of hydrogen-bond donors (Lipinski definition) is 0. The lowest BCUT2D eigenvalue weighted by atomic mass is 10.0. The van der Waals surface area contributed by atoms with E-state index in [4.69, 9.17) is 28.0 Å². The van der Waals surface area contributed by atoms with E-state index in [9.17, 15) is 8.42 Å². The van der Waals surface area contributed by atoms with E-state index in [-0.39, 0.29) is 5.71 Å². The molecule has 2 heterocycles. The van der Waals surface area contributed by atoms with Gasteiger partial charge in [0, 0.05) is 11.0 Å². The maximum Gasteiger partial charge on any atom is 0.184 e. The van der Waals surface area contributed by atoms with Crippen molar-refractivity contribution < 1.29 is 13.3 Å². The Morgan fingerprint density at radius 3 is 2.56 bits per heavy atom. The number of sulfone groups is 1. The Balaban J connectivity index is 2.15. The van der Waals surface area contributed by atoms with Crippen molar-refractivity contribution in [2.24, 2.45) is 5.16 Å². The number of hydrogen-bond acceptors (Lipinski definition) is 4. The molecular formula is C11H7Cl2NO3S. The molecule has 0 aromatic heterocycles. The lowest BCUT2D eigenvalue weighted by molar-refractivity contribution is 0.123. The molecule has 7 heteroatoms. The van der Waals surface area contributed by atoms with Gasteiger partial charge in [0.25, 0.3) is 0 Å². The number of benzene rings is 1. The first-order valence-corrected chi connectivity index (χ1v) is 7.47. The highest BCUT2D eigenvalue weighted by Gasteiger charge is 2.47. The van der Waals surface area contributed by atoms with E-state index >= 15 is 0 Å². The van der Waals surface area contributed by atoms with Crippen LogP contribution in [0.1, 0.15) is 5.56 Å². The van der Waals surface area contributed by atoms with Gasteiger partial charge in [-0.05, 0) is 18.2 Å². The first-order chi connectivity index (χ1) is 8.50. The molecule has 0 saturated heterocycles. The van der Waals surface area contributed by atoms with Gasteiger partial charge >= 0.3 is 0 Å². The number of oxime groups is 1. The van der Waals surface area contributed by atoms with Crippen molar-refractivity contribution in [3.8, 4) is 0 Å². The van der Waals surface area contributed by atoms with Gasteiger partial charge in [-0.2, -0.15) is 0 Å². The van der Waals surface area contributed by atoms with E-state index < -0.39 is 21.2 Å². The van der Waals surface area contributed by atoms with Crippen LogP contribution in [0.25, 0.3) is 0 Å². The lowest BCUT2D eigenvalue weighted by Gasteiger charge is -2.11. The van der Waals surface area contributed by atoms with Crippen LogP contribution in [0.4, 0.5) is 0 Å². The molecule has 0 radical (unpaired) electrons. The van der Waals surface area contributed by atoms with Crippen LogP contribution in [0.15, 0.2) is 34.8 Å². The summed E-state index contributed by atoms with van der Waals surface area (Å²) in [7, 11) is -3.41. The minimum atomic E-state index is -3.41. The fourth-order valence-corrected chi connectivity index (χ4v) is 4.18. The average Bonchev–Trinajstić information content (AvgIpc) is 2.82. The Morgan fingerprint density at radius 2 is 1.89 bits per heavy atom. The third kappa shape index (κ3) is 1.66. The SMILES string of the molecule is O=S1(=O)C=C[C@H]2ON=C(c3c(Cl)cccc3Cl)[C@@H]21. The Kier molecular flexibility index (Phi) is 2.66. The molecule has 94 valence electrons. The molecule has 2 aliphatic heterocycles. The summed E-state index contributed by atoms with van der Waals surface area (Å²) in [5.74, 6) is 0. The van der Waals surface area contributed by atoms with E-state index in [1.807, 2.05) is 0 Å². The van der Waals surface area contributed by atoms with Crippen LogP contribution in [0, 0.1) is 0 Å². The highest BCUT2D eigenvalue weighted by atomic mass is 35.5. The van der Waals surface area contributed by atoms with Gasteiger partial charge in [-0.1, -0.05) is 34.4 Å². The van der Waals surface area contributed by atoms with Crippen LogP contribution in [0.2, 0.25) is 10.0 Å². The summed E-state index contributed by atoms with van der Waals surface area (Å²) in [6.45, 7) is 0. The quantitative estimate of drug-likeness (QED) is 0.800. The summed E-state index contributed by atoms with van der Waals surface area (Å²) in [5.41, 5.74) is 0.682. The molecule has 2 atom stereocenters. The van der Waals surface area contributed by atoms with Crippen LogP contribution in [0.3, 0.4) is 0 Å². The summed E-state index contributed by atoms with van der Waals surface area (Å²) in [4.78, 5) is 5.09. The molecule has 3 rings (SSSR count). The molecule has 0 bridgehead atoms. The van der Waals surface area contributed by atoms with E-state index in [2.05, 4.69) is 5.16 Å². The van der Waals surface area contributed by atoms with Crippen molar-refractivity contribution >= 4 is 38.8 Å². The van der Waals surface area contributed by atoms with Crippen LogP contribution in [-0.2, 0) is 14.7 Å². The average molecular weight is 304 g/mol. The summed E-state index contributed by atoms with van der Waals surface area (Å²) in [5, 5.41) is 4.82. The summed E-state index contributed by atoms with van der Waals surface area (Å²) in [6, 6.07) is 4.95. The van der Waals surface area contributed by atoms with Gasteiger partial charge in [-0.15, -0.1) is 0 Å². The standard InChI is InChI=1S/C11H7Cl2NO3S/c12-6-2-1-3-7(13)9(6)10-11-8(17-14-10)4-5-18(11,15)16/h1-5,8,11H/t8-,11-/m1/s1. The Hall–Kier alpha value is -1.04. The zero-order chi connectivity index (χ0) is 12.9. The maximum absolute atomic E-state index is 11.9. The molecule has 18 heavy (non-hydrogen) atoms. The van der Waals surface area contributed by atoms with Crippen LogP contribution >= 0.6 is 23.2 Å². The van der Waals surface area contributed by atoms with Gasteiger partial charge < -0.3 is 4.84 Å². The molecule has 0 aliphatic carbocycles. The summed E-state index contributed by atoms with van der Waals surface area (Å²) >= 11 is 12.1. The normalized spacial score (nSPS) is 27.8. The minimum absolute atomic E-state index is 0.264. The Labute approximate surface area is 114 Å². The van der Waals surface area contributed by atoms with Gasteiger partial charge in [-0.25, -0.2) is 8.42 Å². The molecule has 2 aliphatic rings. The Morgan fingerprint density at radius 1 is 1.22 bits per heavy atom. The third-order valence-corrected chi connectivity index (χ3v) is 5.24. The molecule has 0 unspecified atom stereocenters. The molecule has 0 saturated carbocycles. The van der Waals surface area contributed by atoms with E-state index in [1.165, 1.54) is 6.08 Å². The predicted octanol–water partition coefficient (Wildman–Crippen LogP) is 2.41. The molecular weight excluding hydrogens is 297 g/mol. The van der Waals surface area contributed by atoms with Crippen molar-refractivity contribution in [3.05, 3.63) is 45.3 Å². The number of nitrogens with zero attached hydrogens (tertiary/aromatic N) is 1. The second-order valence-electron chi connectivity index (χ2n) is 3.98. The molecule has 4 nitrogen and oxygen atoms in total. The largest absolute Gasteiger partial charge is 0.386 e. The number of fused-ring (bicyclic) bond motifs is 1.